The Morgan fingerprint density at radius 3 is 2.67 bits per heavy atom. The van der Waals surface area contributed by atoms with Crippen molar-refractivity contribution in [2.45, 2.75) is 19.1 Å². The van der Waals surface area contributed by atoms with Gasteiger partial charge in [0, 0.05) is 37.9 Å². The van der Waals surface area contributed by atoms with Gasteiger partial charge in [-0.05, 0) is 11.6 Å². The Kier molecular flexibility index (Phi) is 4.43. The quantitative estimate of drug-likeness (QED) is 0.721. The lowest BCUT2D eigenvalue weighted by Gasteiger charge is -2.20. The van der Waals surface area contributed by atoms with E-state index in [1.807, 2.05) is 41.7 Å². The lowest BCUT2D eigenvalue weighted by molar-refractivity contribution is 0.439. The summed E-state index contributed by atoms with van der Waals surface area (Å²) >= 11 is 0. The number of rotatable bonds is 7. The van der Waals surface area contributed by atoms with E-state index in [0.29, 0.717) is 0 Å². The second kappa shape index (κ2) is 6.85. The molecule has 0 aliphatic heterocycles. The van der Waals surface area contributed by atoms with Crippen molar-refractivity contribution >= 4 is 0 Å². The molecule has 3 aromatic rings. The molecule has 21 heavy (non-hydrogen) atoms. The molecule has 1 N–H and O–H groups in total. The molecule has 0 spiro atoms. The fourth-order valence-electron chi connectivity index (χ4n) is 2.36. The van der Waals surface area contributed by atoms with Crippen molar-refractivity contribution in [3.05, 3.63) is 73.1 Å². The molecular weight excluding hydrogens is 262 g/mol. The molecule has 0 saturated carbocycles. The van der Waals surface area contributed by atoms with E-state index in [0.717, 1.165) is 19.6 Å². The summed E-state index contributed by atoms with van der Waals surface area (Å²) in [5.41, 5.74) is 1.28. The molecule has 0 bridgehead atoms. The molecule has 0 saturated heterocycles. The third-order valence-corrected chi connectivity index (χ3v) is 3.45. The molecule has 1 aromatic carbocycles. The van der Waals surface area contributed by atoms with E-state index in [9.17, 15) is 0 Å². The molecular formula is C16H19N5. The van der Waals surface area contributed by atoms with Crippen LogP contribution in [0.5, 0.6) is 0 Å². The molecule has 5 heteroatoms. The van der Waals surface area contributed by atoms with Crippen molar-refractivity contribution in [1.82, 2.24) is 24.6 Å². The van der Waals surface area contributed by atoms with Crippen LogP contribution in [0.3, 0.4) is 0 Å². The summed E-state index contributed by atoms with van der Waals surface area (Å²) < 4.78 is 4.03. The fraction of sp³-hybridized carbons (Fsp3) is 0.250. The summed E-state index contributed by atoms with van der Waals surface area (Å²) in [7, 11) is 0. The van der Waals surface area contributed by atoms with Gasteiger partial charge < -0.3 is 9.88 Å². The molecule has 1 unspecified atom stereocenters. The number of nitrogens with one attached hydrogen (secondary N) is 1. The van der Waals surface area contributed by atoms with Gasteiger partial charge >= 0.3 is 0 Å². The molecule has 0 radical (unpaired) electrons. The average Bonchev–Trinajstić information content (AvgIpc) is 3.20. The summed E-state index contributed by atoms with van der Waals surface area (Å²) in [5.74, 6) is 0. The highest BCUT2D eigenvalue weighted by atomic mass is 15.3. The van der Waals surface area contributed by atoms with Crippen molar-refractivity contribution < 1.29 is 0 Å². The van der Waals surface area contributed by atoms with E-state index >= 15 is 0 Å². The average molecular weight is 281 g/mol. The van der Waals surface area contributed by atoms with Gasteiger partial charge in [-0.15, -0.1) is 0 Å². The van der Waals surface area contributed by atoms with Gasteiger partial charge in [0.25, 0.3) is 0 Å². The number of nitrogens with zero attached hydrogens (tertiary/aromatic N) is 4. The van der Waals surface area contributed by atoms with E-state index in [1.165, 1.54) is 5.56 Å². The van der Waals surface area contributed by atoms with Crippen LogP contribution in [0.15, 0.2) is 67.5 Å². The molecule has 0 amide bonds. The van der Waals surface area contributed by atoms with E-state index in [-0.39, 0.29) is 6.04 Å². The minimum Gasteiger partial charge on any atom is -0.336 e. The zero-order valence-electron chi connectivity index (χ0n) is 11.8. The maximum atomic E-state index is 4.22. The normalized spacial score (nSPS) is 12.4. The first-order valence-electron chi connectivity index (χ1n) is 7.13. The second-order valence-electron chi connectivity index (χ2n) is 4.95. The van der Waals surface area contributed by atoms with Crippen LogP contribution in [-0.4, -0.2) is 25.9 Å². The van der Waals surface area contributed by atoms with Gasteiger partial charge in [-0.3, -0.25) is 4.68 Å². The smallest absolute Gasteiger partial charge is 0.0946 e. The molecule has 3 rings (SSSR count). The standard InChI is InChI=1S/C16H19N5/c1-2-5-15(6-3-1)16(13-20-11-8-17-14-20)18-9-12-21-10-4-7-19-21/h1-8,10-11,14,16,18H,9,12-13H2. The number of imidazole rings is 1. The first kappa shape index (κ1) is 13.6. The van der Waals surface area contributed by atoms with Crippen molar-refractivity contribution in [1.29, 1.82) is 0 Å². The van der Waals surface area contributed by atoms with E-state index in [4.69, 9.17) is 0 Å². The highest BCUT2D eigenvalue weighted by Gasteiger charge is 2.11. The molecule has 0 fully saturated rings. The lowest BCUT2D eigenvalue weighted by atomic mass is 10.1. The van der Waals surface area contributed by atoms with Crippen LogP contribution in [0.2, 0.25) is 0 Å². The zero-order valence-corrected chi connectivity index (χ0v) is 11.8. The van der Waals surface area contributed by atoms with Crippen LogP contribution in [0.1, 0.15) is 11.6 Å². The topological polar surface area (TPSA) is 47.7 Å². The Morgan fingerprint density at radius 1 is 1.05 bits per heavy atom. The van der Waals surface area contributed by atoms with Crippen LogP contribution in [0, 0.1) is 0 Å². The van der Waals surface area contributed by atoms with Crippen LogP contribution in [0.25, 0.3) is 0 Å². The molecule has 2 aromatic heterocycles. The molecule has 108 valence electrons. The van der Waals surface area contributed by atoms with Crippen molar-refractivity contribution in [2.75, 3.05) is 6.54 Å². The Balaban J connectivity index is 1.64. The summed E-state index contributed by atoms with van der Waals surface area (Å²) in [6.45, 7) is 2.60. The maximum Gasteiger partial charge on any atom is 0.0946 e. The molecule has 5 nitrogen and oxygen atoms in total. The van der Waals surface area contributed by atoms with Gasteiger partial charge in [-0.25, -0.2) is 4.98 Å². The van der Waals surface area contributed by atoms with Gasteiger partial charge in [-0.2, -0.15) is 5.10 Å². The first-order valence-corrected chi connectivity index (χ1v) is 7.13. The van der Waals surface area contributed by atoms with Crippen molar-refractivity contribution in [3.8, 4) is 0 Å². The van der Waals surface area contributed by atoms with Gasteiger partial charge in [0.2, 0.25) is 0 Å². The fourth-order valence-corrected chi connectivity index (χ4v) is 2.36. The number of hydrogen-bond donors (Lipinski definition) is 1. The number of benzene rings is 1. The van der Waals surface area contributed by atoms with E-state index in [1.54, 1.807) is 6.20 Å². The van der Waals surface area contributed by atoms with Crippen LogP contribution < -0.4 is 5.32 Å². The number of hydrogen-bond acceptors (Lipinski definition) is 3. The Hall–Kier alpha value is -2.40. The van der Waals surface area contributed by atoms with Gasteiger partial charge in [0.05, 0.1) is 18.9 Å². The van der Waals surface area contributed by atoms with Crippen molar-refractivity contribution in [2.24, 2.45) is 0 Å². The monoisotopic (exact) mass is 281 g/mol. The van der Waals surface area contributed by atoms with Crippen LogP contribution in [-0.2, 0) is 13.1 Å². The molecule has 0 aliphatic carbocycles. The SMILES string of the molecule is c1ccc(C(Cn2ccnc2)NCCn2cccn2)cc1. The Bertz CT molecular complexity index is 616. The van der Waals surface area contributed by atoms with E-state index in [2.05, 4.69) is 44.2 Å². The maximum absolute atomic E-state index is 4.22. The highest BCUT2D eigenvalue weighted by Crippen LogP contribution is 2.14. The lowest BCUT2D eigenvalue weighted by Crippen LogP contribution is -2.28. The van der Waals surface area contributed by atoms with Crippen LogP contribution >= 0.6 is 0 Å². The predicted octanol–water partition coefficient (Wildman–Crippen LogP) is 2.11. The second-order valence-corrected chi connectivity index (χ2v) is 4.95. The highest BCUT2D eigenvalue weighted by molar-refractivity contribution is 5.18. The largest absolute Gasteiger partial charge is 0.336 e. The summed E-state index contributed by atoms with van der Waals surface area (Å²) in [6.07, 6.45) is 9.44. The summed E-state index contributed by atoms with van der Waals surface area (Å²) in [5, 5.41) is 7.83. The van der Waals surface area contributed by atoms with Crippen molar-refractivity contribution in [3.63, 3.8) is 0 Å². The minimum atomic E-state index is 0.260. The third kappa shape index (κ3) is 3.79. The molecule has 2 heterocycles. The Labute approximate surface area is 124 Å². The minimum absolute atomic E-state index is 0.260. The third-order valence-electron chi connectivity index (χ3n) is 3.45. The first-order chi connectivity index (χ1) is 10.4. The molecule has 0 aliphatic rings. The molecule has 1 atom stereocenters. The van der Waals surface area contributed by atoms with E-state index < -0.39 is 0 Å². The van der Waals surface area contributed by atoms with Gasteiger partial charge in [0.1, 0.15) is 0 Å². The van der Waals surface area contributed by atoms with Gasteiger partial charge in [-0.1, -0.05) is 30.3 Å². The number of aromatic nitrogens is 4. The summed E-state index contributed by atoms with van der Waals surface area (Å²) in [4.78, 5) is 4.11. The zero-order chi connectivity index (χ0) is 14.3. The Morgan fingerprint density at radius 2 is 1.95 bits per heavy atom. The summed E-state index contributed by atoms with van der Waals surface area (Å²) in [6, 6.07) is 12.7. The van der Waals surface area contributed by atoms with Gasteiger partial charge in [0.15, 0.2) is 0 Å². The predicted molar refractivity (Wildman–Crippen MR) is 81.6 cm³/mol. The van der Waals surface area contributed by atoms with Crippen LogP contribution in [0.4, 0.5) is 0 Å².